The summed E-state index contributed by atoms with van der Waals surface area (Å²) in [4.78, 5) is 8.62. The fourth-order valence-corrected chi connectivity index (χ4v) is 1.78. The first-order chi connectivity index (χ1) is 7.78. The van der Waals surface area contributed by atoms with Gasteiger partial charge in [0.2, 0.25) is 0 Å². The van der Waals surface area contributed by atoms with Gasteiger partial charge in [-0.15, -0.1) is 0 Å². The number of ether oxygens (including phenoxy) is 1. The predicted molar refractivity (Wildman–Crippen MR) is 63.3 cm³/mol. The highest BCUT2D eigenvalue weighted by Gasteiger charge is 2.16. The van der Waals surface area contributed by atoms with E-state index in [1.165, 1.54) is 0 Å². The number of rotatable bonds is 4. The normalized spacial score (nSPS) is 19.9. The number of nitrogens with zero attached hydrogens (tertiary/aromatic N) is 2. The molecule has 2 rings (SSSR count). The van der Waals surface area contributed by atoms with E-state index in [0.29, 0.717) is 11.9 Å². The van der Waals surface area contributed by atoms with Gasteiger partial charge in [-0.25, -0.2) is 9.97 Å². The molecule has 1 aliphatic rings. The highest BCUT2D eigenvalue weighted by molar-refractivity contribution is 5.45. The average molecular weight is 222 g/mol. The predicted octanol–water partition coefficient (Wildman–Crippen LogP) is 1.21. The molecule has 0 aromatic carbocycles. The molecule has 3 N–H and O–H groups in total. The summed E-state index contributed by atoms with van der Waals surface area (Å²) in [6.45, 7) is 3.66. The Morgan fingerprint density at radius 3 is 3.12 bits per heavy atom. The van der Waals surface area contributed by atoms with Gasteiger partial charge in [0.15, 0.2) is 0 Å². The van der Waals surface area contributed by atoms with Gasteiger partial charge in [-0.3, -0.25) is 0 Å². The SMILES string of the molecule is CCCc1nc(N)cc(NC2CCOC2)n1. The number of nitrogens with one attached hydrogen (secondary N) is 1. The van der Waals surface area contributed by atoms with E-state index in [2.05, 4.69) is 22.2 Å². The second kappa shape index (κ2) is 5.12. The molecule has 5 heteroatoms. The van der Waals surface area contributed by atoms with Crippen LogP contribution in [-0.4, -0.2) is 29.2 Å². The molecule has 0 bridgehead atoms. The quantitative estimate of drug-likeness (QED) is 0.801. The molecule has 1 atom stereocenters. The first-order valence-electron chi connectivity index (χ1n) is 5.75. The molecule has 1 unspecified atom stereocenters. The Kier molecular flexibility index (Phi) is 3.56. The van der Waals surface area contributed by atoms with Crippen molar-refractivity contribution in [2.75, 3.05) is 24.3 Å². The van der Waals surface area contributed by atoms with Crippen molar-refractivity contribution in [1.82, 2.24) is 9.97 Å². The summed E-state index contributed by atoms with van der Waals surface area (Å²) in [5, 5.41) is 3.32. The van der Waals surface area contributed by atoms with E-state index in [1.54, 1.807) is 6.07 Å². The Labute approximate surface area is 95.4 Å². The molecule has 88 valence electrons. The van der Waals surface area contributed by atoms with Gasteiger partial charge in [-0.2, -0.15) is 0 Å². The van der Waals surface area contributed by atoms with Gasteiger partial charge in [-0.05, 0) is 12.8 Å². The smallest absolute Gasteiger partial charge is 0.133 e. The molecule has 1 aromatic heterocycles. The topological polar surface area (TPSA) is 73.1 Å². The highest BCUT2D eigenvalue weighted by Crippen LogP contribution is 2.14. The van der Waals surface area contributed by atoms with Gasteiger partial charge in [0.1, 0.15) is 17.5 Å². The summed E-state index contributed by atoms with van der Waals surface area (Å²) < 4.78 is 5.30. The van der Waals surface area contributed by atoms with Crippen LogP contribution in [0.15, 0.2) is 6.07 Å². The summed E-state index contributed by atoms with van der Waals surface area (Å²) in [6.07, 6.45) is 2.91. The van der Waals surface area contributed by atoms with E-state index in [-0.39, 0.29) is 0 Å². The third-order valence-corrected chi connectivity index (χ3v) is 2.55. The van der Waals surface area contributed by atoms with Crippen LogP contribution in [0.2, 0.25) is 0 Å². The third kappa shape index (κ3) is 2.82. The van der Waals surface area contributed by atoms with Gasteiger partial charge in [0, 0.05) is 19.1 Å². The van der Waals surface area contributed by atoms with E-state index < -0.39 is 0 Å². The Balaban J connectivity index is 2.06. The molecule has 5 nitrogen and oxygen atoms in total. The molecule has 1 saturated heterocycles. The molecule has 0 amide bonds. The highest BCUT2D eigenvalue weighted by atomic mass is 16.5. The zero-order valence-electron chi connectivity index (χ0n) is 9.57. The van der Waals surface area contributed by atoms with Crippen LogP contribution in [0.3, 0.4) is 0 Å². The fraction of sp³-hybridized carbons (Fsp3) is 0.636. The number of aryl methyl sites for hydroxylation is 1. The van der Waals surface area contributed by atoms with E-state index in [0.717, 1.165) is 44.1 Å². The van der Waals surface area contributed by atoms with Gasteiger partial charge >= 0.3 is 0 Å². The lowest BCUT2D eigenvalue weighted by molar-refractivity contribution is 0.195. The number of hydrogen-bond acceptors (Lipinski definition) is 5. The standard InChI is InChI=1S/C11H18N4O/c1-2-3-10-14-9(12)6-11(15-10)13-8-4-5-16-7-8/h6,8H,2-5,7H2,1H3,(H3,12,13,14,15). The lowest BCUT2D eigenvalue weighted by Gasteiger charge is -2.12. The first-order valence-corrected chi connectivity index (χ1v) is 5.75. The van der Waals surface area contributed by atoms with Crippen molar-refractivity contribution in [3.05, 3.63) is 11.9 Å². The molecule has 0 saturated carbocycles. The molecule has 0 radical (unpaired) electrons. The van der Waals surface area contributed by atoms with Crippen LogP contribution in [0, 0.1) is 0 Å². The molecule has 2 heterocycles. The third-order valence-electron chi connectivity index (χ3n) is 2.55. The van der Waals surface area contributed by atoms with Crippen molar-refractivity contribution in [3.63, 3.8) is 0 Å². The second-order valence-corrected chi connectivity index (χ2v) is 4.05. The Bertz CT molecular complexity index is 350. The summed E-state index contributed by atoms with van der Waals surface area (Å²) in [5.74, 6) is 2.15. The maximum absolute atomic E-state index is 5.74. The van der Waals surface area contributed by atoms with Crippen LogP contribution >= 0.6 is 0 Å². The van der Waals surface area contributed by atoms with Crippen LogP contribution in [0.25, 0.3) is 0 Å². The molecule has 1 aliphatic heterocycles. The summed E-state index contributed by atoms with van der Waals surface area (Å²) >= 11 is 0. The summed E-state index contributed by atoms with van der Waals surface area (Å²) in [6, 6.07) is 2.13. The van der Waals surface area contributed by atoms with Crippen molar-refractivity contribution in [1.29, 1.82) is 0 Å². The lowest BCUT2D eigenvalue weighted by atomic mass is 10.2. The molecule has 1 aromatic rings. The first kappa shape index (κ1) is 11.1. The van der Waals surface area contributed by atoms with Crippen molar-refractivity contribution < 1.29 is 4.74 Å². The zero-order chi connectivity index (χ0) is 11.4. The van der Waals surface area contributed by atoms with Crippen LogP contribution in [-0.2, 0) is 11.2 Å². The van der Waals surface area contributed by atoms with E-state index >= 15 is 0 Å². The van der Waals surface area contributed by atoms with Crippen LogP contribution in [0.4, 0.5) is 11.6 Å². The number of hydrogen-bond donors (Lipinski definition) is 2. The molecular formula is C11H18N4O. The van der Waals surface area contributed by atoms with E-state index in [1.807, 2.05) is 0 Å². The minimum atomic E-state index is 0.351. The van der Waals surface area contributed by atoms with Gasteiger partial charge in [-0.1, -0.05) is 6.92 Å². The molecule has 1 fully saturated rings. The average Bonchev–Trinajstić information content (AvgIpc) is 2.70. The summed E-state index contributed by atoms with van der Waals surface area (Å²) in [7, 11) is 0. The van der Waals surface area contributed by atoms with Crippen molar-refractivity contribution in [2.45, 2.75) is 32.2 Å². The lowest BCUT2D eigenvalue weighted by Crippen LogP contribution is -2.20. The summed E-state index contributed by atoms with van der Waals surface area (Å²) in [5.41, 5.74) is 5.74. The monoisotopic (exact) mass is 222 g/mol. The fourth-order valence-electron chi connectivity index (χ4n) is 1.78. The van der Waals surface area contributed by atoms with Crippen LogP contribution in [0.5, 0.6) is 0 Å². The maximum Gasteiger partial charge on any atom is 0.133 e. The van der Waals surface area contributed by atoms with Gasteiger partial charge in [0.05, 0.1) is 12.6 Å². The minimum absolute atomic E-state index is 0.351. The maximum atomic E-state index is 5.74. The molecule has 0 spiro atoms. The number of nitrogen functional groups attached to an aromatic ring is 1. The zero-order valence-corrected chi connectivity index (χ0v) is 9.57. The minimum Gasteiger partial charge on any atom is -0.384 e. The van der Waals surface area contributed by atoms with Crippen molar-refractivity contribution in [3.8, 4) is 0 Å². The Hall–Kier alpha value is -1.36. The molecule has 16 heavy (non-hydrogen) atoms. The van der Waals surface area contributed by atoms with Crippen LogP contribution in [0.1, 0.15) is 25.6 Å². The Morgan fingerprint density at radius 1 is 1.56 bits per heavy atom. The largest absolute Gasteiger partial charge is 0.384 e. The van der Waals surface area contributed by atoms with Gasteiger partial charge in [0.25, 0.3) is 0 Å². The Morgan fingerprint density at radius 2 is 2.44 bits per heavy atom. The number of anilines is 2. The van der Waals surface area contributed by atoms with E-state index in [4.69, 9.17) is 10.5 Å². The van der Waals surface area contributed by atoms with E-state index in [9.17, 15) is 0 Å². The molecular weight excluding hydrogens is 204 g/mol. The van der Waals surface area contributed by atoms with Gasteiger partial charge < -0.3 is 15.8 Å². The van der Waals surface area contributed by atoms with Crippen molar-refractivity contribution >= 4 is 11.6 Å². The second-order valence-electron chi connectivity index (χ2n) is 4.05. The molecule has 0 aliphatic carbocycles. The number of aromatic nitrogens is 2. The number of nitrogens with two attached hydrogens (primary N) is 1. The van der Waals surface area contributed by atoms with Crippen molar-refractivity contribution in [2.24, 2.45) is 0 Å². The van der Waals surface area contributed by atoms with Crippen LogP contribution < -0.4 is 11.1 Å².